The number of carbonyl (C=O) groups is 1. The molecule has 1 unspecified atom stereocenters. The van der Waals surface area contributed by atoms with E-state index in [0.29, 0.717) is 23.9 Å². The fourth-order valence-corrected chi connectivity index (χ4v) is 4.76. The van der Waals surface area contributed by atoms with Crippen LogP contribution in [0.5, 0.6) is 5.75 Å². The SMILES string of the molecule is [2H]C([2H])([2H])Oc1cc(C(=O)NCC(O)(c2cc(C(C)(C)O)c(F)c(-c3ccc(F)cc3)n2)C2CC2)cc2cc(C)nnc12. The lowest BCUT2D eigenvalue weighted by Gasteiger charge is -2.30. The maximum absolute atomic E-state index is 15.7. The molecule has 1 aliphatic rings. The number of fused-ring (bicyclic) bond motifs is 1. The van der Waals surface area contributed by atoms with Gasteiger partial charge in [-0.15, -0.1) is 5.10 Å². The normalized spacial score (nSPS) is 16.5. The van der Waals surface area contributed by atoms with Crippen molar-refractivity contribution in [2.45, 2.75) is 44.8 Å². The largest absolute Gasteiger partial charge is 0.494 e. The molecule has 5 rings (SSSR count). The Labute approximate surface area is 234 Å². The molecule has 10 heteroatoms. The van der Waals surface area contributed by atoms with Crippen LogP contribution in [0.3, 0.4) is 0 Å². The molecule has 4 aromatic rings. The van der Waals surface area contributed by atoms with Gasteiger partial charge in [-0.05, 0) is 88.1 Å². The number of pyridine rings is 1. The number of carbonyl (C=O) groups excluding carboxylic acids is 1. The van der Waals surface area contributed by atoms with Crippen LogP contribution >= 0.6 is 0 Å². The first kappa shape index (κ1) is 23.8. The van der Waals surface area contributed by atoms with Crippen LogP contribution in [0.4, 0.5) is 8.78 Å². The highest BCUT2D eigenvalue weighted by Crippen LogP contribution is 2.46. The van der Waals surface area contributed by atoms with Crippen LogP contribution in [-0.4, -0.2) is 44.9 Å². The fourth-order valence-electron chi connectivity index (χ4n) is 4.76. The van der Waals surface area contributed by atoms with Crippen molar-refractivity contribution in [1.82, 2.24) is 20.5 Å². The van der Waals surface area contributed by atoms with Crippen LogP contribution < -0.4 is 10.1 Å². The molecular formula is C30H30F2N4O4. The van der Waals surface area contributed by atoms with Crippen molar-refractivity contribution in [1.29, 1.82) is 0 Å². The molecule has 2 aromatic heterocycles. The molecule has 0 radical (unpaired) electrons. The number of nitrogens with one attached hydrogen (secondary N) is 1. The number of hydrogen-bond acceptors (Lipinski definition) is 7. The minimum atomic E-state index is -2.81. The van der Waals surface area contributed by atoms with Crippen LogP contribution in [0.25, 0.3) is 22.2 Å². The molecule has 0 bridgehead atoms. The lowest BCUT2D eigenvalue weighted by atomic mass is 9.87. The first-order valence-electron chi connectivity index (χ1n) is 14.2. The Morgan fingerprint density at radius 3 is 2.50 bits per heavy atom. The monoisotopic (exact) mass is 551 g/mol. The van der Waals surface area contributed by atoms with Crippen LogP contribution in [-0.2, 0) is 11.2 Å². The van der Waals surface area contributed by atoms with E-state index in [1.807, 2.05) is 0 Å². The molecule has 0 spiro atoms. The van der Waals surface area contributed by atoms with Crippen molar-refractivity contribution in [3.05, 3.63) is 82.7 Å². The summed E-state index contributed by atoms with van der Waals surface area (Å²) in [4.78, 5) is 17.8. The number of rotatable bonds is 8. The number of aliphatic hydroxyl groups is 2. The molecule has 3 N–H and O–H groups in total. The van der Waals surface area contributed by atoms with Crippen LogP contribution in [0, 0.1) is 24.5 Å². The summed E-state index contributed by atoms with van der Waals surface area (Å²) in [5, 5.41) is 33.8. The standard InChI is InChI=1S/C30H30F2N4O4/c1-16-11-18-12-19(13-23(40-4)26(18)36-35-16)28(37)33-15-30(39,20-7-8-20)24-14-22(29(2,3)38)25(32)27(34-24)17-5-9-21(31)10-6-17/h5-6,9-14,20,38-39H,7-8,15H2,1-4H3,(H,33,37)/i4D3. The molecular weight excluding hydrogens is 518 g/mol. The van der Waals surface area contributed by atoms with E-state index >= 15 is 4.39 Å². The molecule has 2 heterocycles. The summed E-state index contributed by atoms with van der Waals surface area (Å²) < 4.78 is 56.9. The molecule has 8 nitrogen and oxygen atoms in total. The van der Waals surface area contributed by atoms with Gasteiger partial charge in [-0.2, -0.15) is 5.10 Å². The highest BCUT2D eigenvalue weighted by Gasteiger charge is 2.47. The molecule has 1 amide bonds. The molecule has 1 aliphatic carbocycles. The molecule has 208 valence electrons. The van der Waals surface area contributed by atoms with Crippen LogP contribution in [0.15, 0.2) is 48.5 Å². The quantitative estimate of drug-likeness (QED) is 0.294. The number of aryl methyl sites for hydroxylation is 1. The number of halogens is 2. The van der Waals surface area contributed by atoms with Crippen molar-refractivity contribution in [3.63, 3.8) is 0 Å². The summed E-state index contributed by atoms with van der Waals surface area (Å²) in [6.07, 6.45) is 1.22. The number of nitrogens with zero attached hydrogens (tertiary/aromatic N) is 3. The summed E-state index contributed by atoms with van der Waals surface area (Å²) in [5.41, 5.74) is -2.70. The van der Waals surface area contributed by atoms with Gasteiger partial charge in [0.1, 0.15) is 28.4 Å². The first-order chi connectivity index (χ1) is 20.0. The van der Waals surface area contributed by atoms with E-state index in [9.17, 15) is 19.4 Å². The maximum Gasteiger partial charge on any atom is 0.251 e. The first-order valence-corrected chi connectivity index (χ1v) is 12.7. The van der Waals surface area contributed by atoms with Crippen molar-refractivity contribution in [3.8, 4) is 17.0 Å². The molecule has 1 atom stereocenters. The van der Waals surface area contributed by atoms with Gasteiger partial charge in [0.2, 0.25) is 0 Å². The molecule has 40 heavy (non-hydrogen) atoms. The number of benzene rings is 2. The minimum Gasteiger partial charge on any atom is -0.494 e. The third-order valence-corrected chi connectivity index (χ3v) is 7.10. The van der Waals surface area contributed by atoms with Gasteiger partial charge in [-0.25, -0.2) is 13.8 Å². The Hall–Kier alpha value is -4.02. The maximum atomic E-state index is 15.7. The summed E-state index contributed by atoms with van der Waals surface area (Å²) >= 11 is 0. The average molecular weight is 552 g/mol. The van der Waals surface area contributed by atoms with Gasteiger partial charge in [-0.3, -0.25) is 4.79 Å². The lowest BCUT2D eigenvalue weighted by molar-refractivity contribution is 0.00864. The molecule has 1 fully saturated rings. The van der Waals surface area contributed by atoms with E-state index in [2.05, 4.69) is 20.5 Å². The third-order valence-electron chi connectivity index (χ3n) is 7.10. The Kier molecular flexibility index (Phi) is 6.07. The summed E-state index contributed by atoms with van der Waals surface area (Å²) in [6, 6.07) is 10.7. The highest BCUT2D eigenvalue weighted by molar-refractivity contribution is 5.99. The topological polar surface area (TPSA) is 117 Å². The van der Waals surface area contributed by atoms with Gasteiger partial charge < -0.3 is 20.3 Å². The average Bonchev–Trinajstić information content (AvgIpc) is 3.76. The van der Waals surface area contributed by atoms with Gasteiger partial charge in [0.25, 0.3) is 5.91 Å². The number of methoxy groups -OCH3 is 1. The zero-order valence-corrected chi connectivity index (χ0v) is 22.1. The highest BCUT2D eigenvalue weighted by atomic mass is 19.1. The predicted molar refractivity (Wildman–Crippen MR) is 145 cm³/mol. The van der Waals surface area contributed by atoms with Gasteiger partial charge in [0, 0.05) is 22.1 Å². The van der Waals surface area contributed by atoms with E-state index in [-0.39, 0.29) is 51.8 Å². The Bertz CT molecular complexity index is 1710. The second-order valence-corrected chi connectivity index (χ2v) is 10.7. The van der Waals surface area contributed by atoms with Crippen molar-refractivity contribution >= 4 is 16.8 Å². The smallest absolute Gasteiger partial charge is 0.251 e. The molecule has 2 aromatic carbocycles. The van der Waals surface area contributed by atoms with Gasteiger partial charge in [0.05, 0.1) is 34.7 Å². The Morgan fingerprint density at radius 2 is 1.85 bits per heavy atom. The van der Waals surface area contributed by atoms with Crippen molar-refractivity contribution < 1.29 is 32.6 Å². The van der Waals surface area contributed by atoms with E-state index in [1.54, 1.807) is 13.0 Å². The van der Waals surface area contributed by atoms with E-state index in [1.165, 1.54) is 44.2 Å². The van der Waals surface area contributed by atoms with Crippen molar-refractivity contribution in [2.75, 3.05) is 13.6 Å². The van der Waals surface area contributed by atoms with E-state index in [4.69, 9.17) is 8.85 Å². The van der Waals surface area contributed by atoms with Gasteiger partial charge in [0.15, 0.2) is 5.82 Å². The molecule has 1 saturated carbocycles. The molecule has 0 saturated heterocycles. The Balaban J connectivity index is 1.52. The third kappa shape index (κ3) is 5.24. The van der Waals surface area contributed by atoms with Crippen molar-refractivity contribution in [2.24, 2.45) is 5.92 Å². The minimum absolute atomic E-state index is 0.0315. The molecule has 0 aliphatic heterocycles. The van der Waals surface area contributed by atoms with E-state index < -0.39 is 35.8 Å². The van der Waals surface area contributed by atoms with E-state index in [0.717, 1.165) is 12.1 Å². The number of ether oxygens (including phenoxy) is 1. The van der Waals surface area contributed by atoms with Gasteiger partial charge in [-0.1, -0.05) is 0 Å². The second kappa shape index (κ2) is 10.2. The number of aromatic nitrogens is 3. The summed E-state index contributed by atoms with van der Waals surface area (Å²) in [5.74, 6) is -2.48. The summed E-state index contributed by atoms with van der Waals surface area (Å²) in [7, 11) is -2.81. The van der Waals surface area contributed by atoms with Crippen LogP contribution in [0.1, 0.15) is 58.1 Å². The van der Waals surface area contributed by atoms with Crippen LogP contribution in [0.2, 0.25) is 0 Å². The second-order valence-electron chi connectivity index (χ2n) is 10.7. The summed E-state index contributed by atoms with van der Waals surface area (Å²) in [6.45, 7) is 4.15. The number of hydrogen-bond donors (Lipinski definition) is 3. The fraction of sp³-hybridized carbons (Fsp3) is 0.333. The Morgan fingerprint density at radius 1 is 1.12 bits per heavy atom. The zero-order chi connectivity index (χ0) is 31.3. The number of amides is 1. The lowest BCUT2D eigenvalue weighted by Crippen LogP contribution is -2.43. The zero-order valence-electron chi connectivity index (χ0n) is 25.1. The van der Waals surface area contributed by atoms with Gasteiger partial charge >= 0.3 is 0 Å². The predicted octanol–water partition coefficient (Wildman–Crippen LogP) is 4.54.